The molecule has 5 fully saturated rings. The molecule has 0 aromatic heterocycles. The van der Waals surface area contributed by atoms with E-state index in [9.17, 15) is 19.7 Å². The number of unbranched alkanes of at least 4 members (excludes halogenated alkanes) is 2. The highest BCUT2D eigenvalue weighted by molar-refractivity contribution is 6.47. The number of nitrogens with zero attached hydrogens (tertiary/aromatic N) is 2. The maximum Gasteiger partial charge on any atom is 0.481 e. The number of rotatable bonds is 17. The van der Waals surface area contributed by atoms with Crippen molar-refractivity contribution in [3.05, 3.63) is 10.1 Å². The zero-order chi connectivity index (χ0) is 33.6. The maximum absolute atomic E-state index is 14.0. The third-order valence-electron chi connectivity index (χ3n) is 11.9. The highest BCUT2D eigenvalue weighted by Crippen LogP contribution is 2.65. The second-order valence-electron chi connectivity index (χ2n) is 15.9. The number of nitro groups is 1. The number of carbonyl (C=O) groups excluding carboxylic acids is 2. The summed E-state index contributed by atoms with van der Waals surface area (Å²) in [6, 6.07) is 0. The van der Waals surface area contributed by atoms with E-state index in [0.29, 0.717) is 42.9 Å². The average Bonchev–Trinajstić information content (AvgIpc) is 3.35. The molecule has 5 rings (SSSR count). The molecule has 4 saturated carbocycles. The lowest BCUT2D eigenvalue weighted by Gasteiger charge is -2.64. The lowest BCUT2D eigenvalue weighted by atomic mass is 9.43. The number of guanidine groups is 1. The van der Waals surface area contributed by atoms with Gasteiger partial charge >= 0.3 is 7.12 Å². The quantitative estimate of drug-likeness (QED) is 0.0459. The van der Waals surface area contributed by atoms with Crippen molar-refractivity contribution in [1.29, 1.82) is 0 Å². The Balaban J connectivity index is 1.41. The van der Waals surface area contributed by atoms with E-state index in [4.69, 9.17) is 15.0 Å². The van der Waals surface area contributed by atoms with Crippen molar-refractivity contribution in [3.8, 4) is 0 Å². The fraction of sp³-hybridized carbons (Fsp3) is 0.912. The summed E-state index contributed by atoms with van der Waals surface area (Å²) < 4.78 is 13.3. The first-order valence-electron chi connectivity index (χ1n) is 18.1. The molecule has 1 aliphatic heterocycles. The molecule has 11 nitrogen and oxygen atoms in total. The predicted molar refractivity (Wildman–Crippen MR) is 180 cm³/mol. The molecule has 46 heavy (non-hydrogen) atoms. The summed E-state index contributed by atoms with van der Waals surface area (Å²) in [6.45, 7) is 13.6. The van der Waals surface area contributed by atoms with Crippen LogP contribution in [-0.4, -0.2) is 54.0 Å². The minimum atomic E-state index is -0.755. The minimum Gasteiger partial charge on any atom is -0.404 e. The zero-order valence-corrected chi connectivity index (χ0v) is 29.2. The van der Waals surface area contributed by atoms with E-state index in [0.717, 1.165) is 38.5 Å². The molecule has 4 N–H and O–H groups in total. The Labute approximate surface area is 276 Å². The normalized spacial score (nSPS) is 31.5. The van der Waals surface area contributed by atoms with Crippen LogP contribution in [0.1, 0.15) is 131 Å². The Morgan fingerprint density at radius 1 is 1.11 bits per heavy atom. The van der Waals surface area contributed by atoms with Crippen LogP contribution >= 0.6 is 0 Å². The summed E-state index contributed by atoms with van der Waals surface area (Å²) in [6.07, 6.45) is 12.9. The van der Waals surface area contributed by atoms with Gasteiger partial charge in [0.1, 0.15) is 5.78 Å². The van der Waals surface area contributed by atoms with E-state index in [1.165, 1.54) is 25.7 Å². The van der Waals surface area contributed by atoms with E-state index < -0.39 is 18.1 Å². The molecule has 1 saturated heterocycles. The van der Waals surface area contributed by atoms with E-state index in [2.05, 4.69) is 51.9 Å². The van der Waals surface area contributed by atoms with Gasteiger partial charge < -0.3 is 20.4 Å². The van der Waals surface area contributed by atoms with Crippen molar-refractivity contribution in [1.82, 2.24) is 10.7 Å². The van der Waals surface area contributed by atoms with Gasteiger partial charge in [0.05, 0.1) is 17.6 Å². The van der Waals surface area contributed by atoms with Gasteiger partial charge in [-0.3, -0.25) is 9.59 Å². The molecule has 5 aliphatic rings. The van der Waals surface area contributed by atoms with Crippen molar-refractivity contribution in [3.63, 3.8) is 0 Å². The number of hydrazine groups is 1. The van der Waals surface area contributed by atoms with Crippen LogP contribution in [-0.2, 0) is 18.9 Å². The van der Waals surface area contributed by atoms with Crippen molar-refractivity contribution in [2.45, 2.75) is 149 Å². The number of nitrogens with two attached hydrogens (primary N) is 1. The number of aliphatic imine (C=N–C) groups is 1. The number of carbonyl (C=O) groups is 2. The van der Waals surface area contributed by atoms with E-state index in [1.807, 2.05) is 5.43 Å². The highest BCUT2D eigenvalue weighted by atomic mass is 16.7. The fourth-order valence-corrected chi connectivity index (χ4v) is 8.98. The topological polar surface area (TPSA) is 158 Å². The van der Waals surface area contributed by atoms with Crippen LogP contribution < -0.4 is 16.5 Å². The van der Waals surface area contributed by atoms with Gasteiger partial charge in [0.25, 0.3) is 5.96 Å². The lowest BCUT2D eigenvalue weighted by Crippen LogP contribution is -2.65. The second-order valence-corrected chi connectivity index (χ2v) is 15.9. The van der Waals surface area contributed by atoms with Crippen LogP contribution in [0.4, 0.5) is 0 Å². The van der Waals surface area contributed by atoms with Crippen molar-refractivity contribution in [2.24, 2.45) is 51.6 Å². The van der Waals surface area contributed by atoms with Gasteiger partial charge in [-0.05, 0) is 93.8 Å². The van der Waals surface area contributed by atoms with Crippen molar-refractivity contribution >= 4 is 24.8 Å². The van der Waals surface area contributed by atoms with Gasteiger partial charge in [-0.1, -0.05) is 65.7 Å². The number of hydrogen-bond acceptors (Lipinski definition) is 7. The predicted octanol–water partition coefficient (Wildman–Crippen LogP) is 5.62. The summed E-state index contributed by atoms with van der Waals surface area (Å²) >= 11 is 0. The van der Waals surface area contributed by atoms with Gasteiger partial charge in [0, 0.05) is 24.8 Å². The van der Waals surface area contributed by atoms with Crippen LogP contribution in [0.15, 0.2) is 4.99 Å². The molecular weight excluding hydrogens is 585 g/mol. The van der Waals surface area contributed by atoms with Crippen LogP contribution in [0.3, 0.4) is 0 Å². The second kappa shape index (κ2) is 15.8. The number of amides is 1. The SMILES string of the molecule is CCCCCC1CCC(C(=O)C[C@@H](CCCN=C(N)N[N+](=O)[O-])C(=O)N[C@@H](CC(C)C)B2O[C@@H]3C[C@H]4C[C@H](C4(C)C)[C@]3(C)O2)CC1. The first kappa shape index (κ1) is 36.6. The molecule has 6 atom stereocenters. The summed E-state index contributed by atoms with van der Waals surface area (Å²) in [4.78, 5) is 42.3. The average molecular weight is 646 g/mol. The standard InChI is InChI=1S/C34H60BN5O6/c1-7-8-9-11-23-13-15-24(16-14-23)27(41)19-25(12-10-17-37-32(36)39-40(43)44)31(42)38-30(18-22(2)3)35-45-29-21-26-20-28(33(26,4)5)34(29,6)46-35/h22-26,28-30H,7-21H2,1-6H3,(H,38,42)(H3,36,37,39)/t23?,24?,25-,26-,28-,29-,30+,34+/m1/s1. The molecule has 0 aromatic carbocycles. The monoisotopic (exact) mass is 645 g/mol. The molecule has 1 amide bonds. The molecule has 260 valence electrons. The third kappa shape index (κ3) is 8.82. The van der Waals surface area contributed by atoms with Crippen LogP contribution in [0, 0.1) is 51.0 Å². The van der Waals surface area contributed by atoms with Crippen LogP contribution in [0.5, 0.6) is 0 Å². The number of hydrogen-bond donors (Lipinski definition) is 3. The number of nitrogens with one attached hydrogen (secondary N) is 2. The Morgan fingerprint density at radius 2 is 1.83 bits per heavy atom. The van der Waals surface area contributed by atoms with E-state index >= 15 is 0 Å². The molecule has 4 aliphatic carbocycles. The Bertz CT molecular complexity index is 1100. The molecule has 1 heterocycles. The Hall–Kier alpha value is -2.21. The molecule has 0 aromatic rings. The molecule has 0 unspecified atom stereocenters. The molecule has 0 radical (unpaired) electrons. The largest absolute Gasteiger partial charge is 0.481 e. The van der Waals surface area contributed by atoms with Crippen LogP contribution in [0.25, 0.3) is 0 Å². The maximum atomic E-state index is 14.0. The summed E-state index contributed by atoms with van der Waals surface area (Å²) in [5.41, 5.74) is 7.29. The van der Waals surface area contributed by atoms with Gasteiger partial charge in [0.2, 0.25) is 5.91 Å². The van der Waals surface area contributed by atoms with Crippen molar-refractivity contribution < 1.29 is 23.9 Å². The number of Topliss-reactive ketones (excluding diaryl/α,β-unsaturated/α-hetero) is 1. The van der Waals surface area contributed by atoms with Crippen LogP contribution in [0.2, 0.25) is 0 Å². The first-order valence-corrected chi connectivity index (χ1v) is 18.1. The summed E-state index contributed by atoms with van der Waals surface area (Å²) in [5, 5.41) is 13.2. The zero-order valence-electron chi connectivity index (χ0n) is 29.2. The summed E-state index contributed by atoms with van der Waals surface area (Å²) in [5.74, 6) is 0.934. The first-order chi connectivity index (χ1) is 21.7. The van der Waals surface area contributed by atoms with Gasteiger partial charge in [-0.2, -0.15) is 0 Å². The lowest BCUT2D eigenvalue weighted by molar-refractivity contribution is -0.525. The van der Waals surface area contributed by atoms with Crippen molar-refractivity contribution in [2.75, 3.05) is 6.54 Å². The third-order valence-corrected chi connectivity index (χ3v) is 11.9. The van der Waals surface area contributed by atoms with E-state index in [1.54, 1.807) is 0 Å². The van der Waals surface area contributed by atoms with Gasteiger partial charge in [-0.15, -0.1) is 0 Å². The number of ketones is 1. The molecule has 2 bridgehead atoms. The fourth-order valence-electron chi connectivity index (χ4n) is 8.98. The molecule has 0 spiro atoms. The van der Waals surface area contributed by atoms with Gasteiger partial charge in [0.15, 0.2) is 5.03 Å². The Kier molecular flexibility index (Phi) is 12.6. The molecule has 12 heteroatoms. The Morgan fingerprint density at radius 3 is 2.46 bits per heavy atom. The smallest absolute Gasteiger partial charge is 0.404 e. The highest BCUT2D eigenvalue weighted by Gasteiger charge is 2.68. The van der Waals surface area contributed by atoms with Gasteiger partial charge in [-0.25, -0.2) is 15.1 Å². The minimum absolute atomic E-state index is 0.00144. The molecular formula is C34H60BN5O6. The summed E-state index contributed by atoms with van der Waals surface area (Å²) in [7, 11) is -0.534. The van der Waals surface area contributed by atoms with E-state index in [-0.39, 0.29) is 59.6 Å².